The zero-order valence-corrected chi connectivity index (χ0v) is 16.8. The van der Waals surface area contributed by atoms with E-state index in [0.29, 0.717) is 17.0 Å². The second-order valence-corrected chi connectivity index (χ2v) is 8.12. The Kier molecular flexibility index (Phi) is 4.71. The highest BCUT2D eigenvalue weighted by molar-refractivity contribution is 7.98. The van der Waals surface area contributed by atoms with Crippen LogP contribution in [0.3, 0.4) is 0 Å². The molecular formula is C21H15N5OS2. The summed E-state index contributed by atoms with van der Waals surface area (Å²) in [5.74, 6) is 1.12. The second kappa shape index (κ2) is 7.65. The summed E-state index contributed by atoms with van der Waals surface area (Å²) >= 11 is 2.97. The molecular weight excluding hydrogens is 402 g/mol. The van der Waals surface area contributed by atoms with Crippen molar-refractivity contribution < 1.29 is 0 Å². The molecule has 0 amide bonds. The molecule has 0 atom stereocenters. The lowest BCUT2D eigenvalue weighted by molar-refractivity contribution is 0.881. The molecule has 8 heteroatoms. The van der Waals surface area contributed by atoms with Gasteiger partial charge in [-0.2, -0.15) is 0 Å². The number of rotatable bonds is 5. The summed E-state index contributed by atoms with van der Waals surface area (Å²) in [7, 11) is 0. The quantitative estimate of drug-likeness (QED) is 0.425. The van der Waals surface area contributed by atoms with E-state index in [0.717, 1.165) is 26.8 Å². The minimum atomic E-state index is -0.116. The van der Waals surface area contributed by atoms with Crippen LogP contribution >= 0.6 is 23.1 Å². The average Bonchev–Trinajstić information content (AvgIpc) is 3.41. The standard InChI is InChI=1S/C21H15N5OS2/c27-19-18-16(14-7-3-1-4-8-14)11-28-20(18)24-17(23-19)12-29-21-25-22-13-26(21)15-9-5-2-6-10-15/h1-11,13H,12H2,(H,23,24,27). The highest BCUT2D eigenvalue weighted by Crippen LogP contribution is 2.31. The van der Waals surface area contributed by atoms with Gasteiger partial charge in [0.1, 0.15) is 17.0 Å². The predicted octanol–water partition coefficient (Wildman–Crippen LogP) is 4.52. The lowest BCUT2D eigenvalue weighted by Gasteiger charge is -2.06. The Morgan fingerprint density at radius 1 is 1.03 bits per heavy atom. The number of thiophene rings is 1. The lowest BCUT2D eigenvalue weighted by atomic mass is 10.1. The van der Waals surface area contributed by atoms with Crippen molar-refractivity contribution in [3.05, 3.63) is 88.5 Å². The monoisotopic (exact) mass is 417 g/mol. The average molecular weight is 418 g/mol. The summed E-state index contributed by atoms with van der Waals surface area (Å²) in [6.07, 6.45) is 1.68. The third-order valence-corrected chi connectivity index (χ3v) is 6.29. The van der Waals surface area contributed by atoms with E-state index in [1.165, 1.54) is 23.1 Å². The van der Waals surface area contributed by atoms with Gasteiger partial charge >= 0.3 is 0 Å². The highest BCUT2D eigenvalue weighted by Gasteiger charge is 2.14. The van der Waals surface area contributed by atoms with E-state index in [1.807, 2.05) is 70.6 Å². The molecule has 0 fully saturated rings. The second-order valence-electron chi connectivity index (χ2n) is 6.32. The molecule has 0 radical (unpaired) electrons. The maximum Gasteiger partial charge on any atom is 0.260 e. The van der Waals surface area contributed by atoms with Crippen LogP contribution in [0.5, 0.6) is 0 Å². The summed E-state index contributed by atoms with van der Waals surface area (Å²) in [5, 5.41) is 11.6. The molecule has 142 valence electrons. The van der Waals surface area contributed by atoms with E-state index in [9.17, 15) is 4.79 Å². The minimum Gasteiger partial charge on any atom is -0.309 e. The zero-order chi connectivity index (χ0) is 19.6. The minimum absolute atomic E-state index is 0.116. The predicted molar refractivity (Wildman–Crippen MR) is 117 cm³/mol. The Morgan fingerprint density at radius 2 is 1.79 bits per heavy atom. The summed E-state index contributed by atoms with van der Waals surface area (Å²) in [6.45, 7) is 0. The molecule has 0 saturated carbocycles. The largest absolute Gasteiger partial charge is 0.309 e. The molecule has 5 aromatic rings. The van der Waals surface area contributed by atoms with Crippen LogP contribution in [0.1, 0.15) is 5.82 Å². The molecule has 1 N–H and O–H groups in total. The SMILES string of the molecule is O=c1[nH]c(CSc2nncn2-c2ccccc2)nc2scc(-c3ccccc3)c12. The normalized spacial score (nSPS) is 11.2. The molecule has 3 aromatic heterocycles. The Hall–Kier alpha value is -3.23. The van der Waals surface area contributed by atoms with Gasteiger partial charge in [0.05, 0.1) is 11.1 Å². The first kappa shape index (κ1) is 17.8. The molecule has 0 unspecified atom stereocenters. The maximum atomic E-state index is 12.8. The lowest BCUT2D eigenvalue weighted by Crippen LogP contribution is -2.11. The van der Waals surface area contributed by atoms with Crippen LogP contribution in [-0.4, -0.2) is 24.7 Å². The molecule has 2 aromatic carbocycles. The van der Waals surface area contributed by atoms with Crippen LogP contribution in [0.4, 0.5) is 0 Å². The molecule has 0 spiro atoms. The van der Waals surface area contributed by atoms with Gasteiger partial charge in [-0.3, -0.25) is 9.36 Å². The molecule has 3 heterocycles. The number of nitrogens with one attached hydrogen (secondary N) is 1. The molecule has 6 nitrogen and oxygen atoms in total. The van der Waals surface area contributed by atoms with Crippen LogP contribution < -0.4 is 5.56 Å². The van der Waals surface area contributed by atoms with Crippen molar-refractivity contribution in [2.75, 3.05) is 0 Å². The van der Waals surface area contributed by atoms with Crippen molar-refractivity contribution in [1.29, 1.82) is 0 Å². The van der Waals surface area contributed by atoms with Crippen molar-refractivity contribution in [3.8, 4) is 16.8 Å². The number of para-hydroxylation sites is 1. The van der Waals surface area contributed by atoms with E-state index in [4.69, 9.17) is 0 Å². The summed E-state index contributed by atoms with van der Waals surface area (Å²) in [5.41, 5.74) is 2.81. The summed E-state index contributed by atoms with van der Waals surface area (Å²) in [4.78, 5) is 21.1. The first-order valence-electron chi connectivity index (χ1n) is 8.93. The Morgan fingerprint density at radius 3 is 2.59 bits per heavy atom. The molecule has 29 heavy (non-hydrogen) atoms. The van der Waals surface area contributed by atoms with Gasteiger partial charge in [-0.05, 0) is 17.7 Å². The number of nitrogens with zero attached hydrogens (tertiary/aromatic N) is 4. The van der Waals surface area contributed by atoms with Crippen LogP contribution in [-0.2, 0) is 5.75 Å². The molecule has 0 aliphatic heterocycles. The highest BCUT2D eigenvalue weighted by atomic mass is 32.2. The number of hydrogen-bond acceptors (Lipinski definition) is 6. The number of thioether (sulfide) groups is 1. The van der Waals surface area contributed by atoms with Crippen molar-refractivity contribution in [2.24, 2.45) is 0 Å². The topological polar surface area (TPSA) is 76.5 Å². The van der Waals surface area contributed by atoms with Crippen molar-refractivity contribution in [2.45, 2.75) is 10.9 Å². The van der Waals surface area contributed by atoms with E-state index in [1.54, 1.807) is 6.33 Å². The van der Waals surface area contributed by atoms with Crippen LogP contribution in [0, 0.1) is 0 Å². The maximum absolute atomic E-state index is 12.8. The van der Waals surface area contributed by atoms with Gasteiger partial charge in [0.25, 0.3) is 5.56 Å². The fourth-order valence-electron chi connectivity index (χ4n) is 3.11. The smallest absolute Gasteiger partial charge is 0.260 e. The third kappa shape index (κ3) is 3.48. The first-order chi connectivity index (χ1) is 14.3. The fraction of sp³-hybridized carbons (Fsp3) is 0.0476. The van der Waals surface area contributed by atoms with Crippen LogP contribution in [0.15, 0.2) is 82.3 Å². The van der Waals surface area contributed by atoms with Crippen molar-refractivity contribution >= 4 is 33.3 Å². The van der Waals surface area contributed by atoms with E-state index < -0.39 is 0 Å². The molecule has 0 bridgehead atoms. The fourth-order valence-corrected chi connectivity index (χ4v) is 4.88. The van der Waals surface area contributed by atoms with Gasteiger partial charge in [0.2, 0.25) is 0 Å². The molecule has 5 rings (SSSR count). The van der Waals surface area contributed by atoms with E-state index in [2.05, 4.69) is 20.2 Å². The Labute approximate surface area is 174 Å². The number of H-pyrrole nitrogens is 1. The number of fused-ring (bicyclic) bond motifs is 1. The third-order valence-electron chi connectivity index (χ3n) is 4.47. The van der Waals surface area contributed by atoms with Crippen LogP contribution in [0.2, 0.25) is 0 Å². The molecule has 0 saturated heterocycles. The van der Waals surface area contributed by atoms with Gasteiger partial charge in [-0.1, -0.05) is 60.3 Å². The van der Waals surface area contributed by atoms with Gasteiger partial charge in [-0.25, -0.2) is 4.98 Å². The van der Waals surface area contributed by atoms with Crippen LogP contribution in [0.25, 0.3) is 27.0 Å². The van der Waals surface area contributed by atoms with Gasteiger partial charge in [0, 0.05) is 16.6 Å². The first-order valence-corrected chi connectivity index (χ1v) is 10.8. The molecule has 0 aliphatic rings. The Balaban J connectivity index is 1.43. The molecule has 0 aliphatic carbocycles. The number of benzene rings is 2. The van der Waals surface area contributed by atoms with Gasteiger partial charge in [0.15, 0.2) is 5.16 Å². The van der Waals surface area contributed by atoms with Gasteiger partial charge < -0.3 is 4.98 Å². The van der Waals surface area contributed by atoms with E-state index >= 15 is 0 Å². The Bertz CT molecular complexity index is 1330. The number of hydrogen-bond donors (Lipinski definition) is 1. The van der Waals surface area contributed by atoms with Crippen molar-refractivity contribution in [3.63, 3.8) is 0 Å². The number of aromatic amines is 1. The van der Waals surface area contributed by atoms with Gasteiger partial charge in [-0.15, -0.1) is 21.5 Å². The van der Waals surface area contributed by atoms with Crippen molar-refractivity contribution in [1.82, 2.24) is 24.7 Å². The number of aromatic nitrogens is 5. The summed E-state index contributed by atoms with van der Waals surface area (Å²) in [6, 6.07) is 19.8. The zero-order valence-electron chi connectivity index (χ0n) is 15.1. The van der Waals surface area contributed by atoms with E-state index in [-0.39, 0.29) is 5.56 Å². The summed E-state index contributed by atoms with van der Waals surface area (Å²) < 4.78 is 1.92.